The van der Waals surface area contributed by atoms with Crippen LogP contribution in [0.2, 0.25) is 0 Å². The summed E-state index contributed by atoms with van der Waals surface area (Å²) in [4.78, 5) is 0. The van der Waals surface area contributed by atoms with Crippen LogP contribution in [0.15, 0.2) is 35.5 Å². The summed E-state index contributed by atoms with van der Waals surface area (Å²) in [5, 5.41) is 11.3. The molecule has 0 aliphatic heterocycles. The van der Waals surface area contributed by atoms with E-state index in [9.17, 15) is 0 Å². The molecule has 0 spiro atoms. The van der Waals surface area contributed by atoms with E-state index in [0.717, 1.165) is 5.56 Å². The second-order valence-electron chi connectivity index (χ2n) is 2.90. The number of rotatable bonds is 3. The van der Waals surface area contributed by atoms with Gasteiger partial charge in [-0.05, 0) is 18.9 Å². The molecule has 0 fully saturated rings. The lowest BCUT2D eigenvalue weighted by atomic mass is 10.1. The monoisotopic (exact) mass is 197 g/mol. The molecule has 0 aliphatic rings. The van der Waals surface area contributed by atoms with Gasteiger partial charge in [0.2, 0.25) is 0 Å². The van der Waals surface area contributed by atoms with Gasteiger partial charge in [0.05, 0.1) is 11.1 Å². The molecule has 0 saturated carbocycles. The number of alkyl halides is 1. The third kappa shape index (κ3) is 3.07. The van der Waals surface area contributed by atoms with Crippen molar-refractivity contribution in [1.29, 1.82) is 0 Å². The van der Waals surface area contributed by atoms with Gasteiger partial charge in [-0.1, -0.05) is 35.5 Å². The minimum absolute atomic E-state index is 0.229. The number of hydrogen-bond acceptors (Lipinski definition) is 2. The third-order valence-electron chi connectivity index (χ3n) is 1.87. The molecule has 0 bridgehead atoms. The molecule has 0 aliphatic carbocycles. The molecule has 0 heterocycles. The van der Waals surface area contributed by atoms with Crippen LogP contribution in [0.1, 0.15) is 12.5 Å². The lowest BCUT2D eigenvalue weighted by Crippen LogP contribution is -2.13. The molecule has 0 saturated heterocycles. The SMILES string of the molecule is C/C(=N\O)C(Cl)Cc1ccccc1. The number of oxime groups is 1. The maximum Gasteiger partial charge on any atom is 0.0788 e. The van der Waals surface area contributed by atoms with E-state index < -0.39 is 0 Å². The van der Waals surface area contributed by atoms with Gasteiger partial charge >= 0.3 is 0 Å². The zero-order valence-corrected chi connectivity index (χ0v) is 8.20. The summed E-state index contributed by atoms with van der Waals surface area (Å²) in [6.45, 7) is 1.71. The number of halogens is 1. The van der Waals surface area contributed by atoms with E-state index in [4.69, 9.17) is 16.8 Å². The van der Waals surface area contributed by atoms with Gasteiger partial charge in [0, 0.05) is 0 Å². The van der Waals surface area contributed by atoms with Crippen molar-refractivity contribution in [2.45, 2.75) is 18.7 Å². The van der Waals surface area contributed by atoms with E-state index in [1.165, 1.54) is 0 Å². The van der Waals surface area contributed by atoms with Crippen molar-refractivity contribution in [2.24, 2.45) is 5.16 Å². The van der Waals surface area contributed by atoms with Crippen LogP contribution >= 0.6 is 11.6 Å². The lowest BCUT2D eigenvalue weighted by Gasteiger charge is -2.06. The molecule has 13 heavy (non-hydrogen) atoms. The Balaban J connectivity index is 2.60. The summed E-state index contributed by atoms with van der Waals surface area (Å²) < 4.78 is 0. The maximum absolute atomic E-state index is 8.49. The van der Waals surface area contributed by atoms with Gasteiger partial charge in [-0.2, -0.15) is 0 Å². The van der Waals surface area contributed by atoms with Crippen molar-refractivity contribution >= 4 is 17.3 Å². The highest BCUT2D eigenvalue weighted by atomic mass is 35.5. The van der Waals surface area contributed by atoms with Crippen LogP contribution in [0.5, 0.6) is 0 Å². The summed E-state index contributed by atoms with van der Waals surface area (Å²) in [7, 11) is 0. The van der Waals surface area contributed by atoms with Crippen LogP contribution < -0.4 is 0 Å². The first kappa shape index (κ1) is 10.1. The van der Waals surface area contributed by atoms with Gasteiger partial charge in [0.15, 0.2) is 0 Å². The van der Waals surface area contributed by atoms with Crippen LogP contribution in [-0.2, 0) is 6.42 Å². The van der Waals surface area contributed by atoms with Gasteiger partial charge in [-0.25, -0.2) is 0 Å². The van der Waals surface area contributed by atoms with Crippen LogP contribution in [0.25, 0.3) is 0 Å². The fourth-order valence-corrected chi connectivity index (χ4v) is 1.25. The molecule has 1 unspecified atom stereocenters. The summed E-state index contributed by atoms with van der Waals surface area (Å²) >= 11 is 5.98. The maximum atomic E-state index is 8.49. The van der Waals surface area contributed by atoms with E-state index in [-0.39, 0.29) is 5.38 Å². The highest BCUT2D eigenvalue weighted by Crippen LogP contribution is 2.09. The Bertz CT molecular complexity index is 284. The Hall–Kier alpha value is -1.02. The summed E-state index contributed by atoms with van der Waals surface area (Å²) in [6.07, 6.45) is 0.693. The van der Waals surface area contributed by atoms with Crippen LogP contribution in [0.3, 0.4) is 0 Å². The lowest BCUT2D eigenvalue weighted by molar-refractivity contribution is 0.317. The molecule has 2 nitrogen and oxygen atoms in total. The van der Waals surface area contributed by atoms with Crippen LogP contribution in [0, 0.1) is 0 Å². The predicted molar refractivity (Wildman–Crippen MR) is 54.7 cm³/mol. The quantitative estimate of drug-likeness (QED) is 0.344. The fourth-order valence-electron chi connectivity index (χ4n) is 1.03. The molecule has 1 N–H and O–H groups in total. The first-order valence-electron chi connectivity index (χ1n) is 4.10. The molecule has 0 radical (unpaired) electrons. The first-order valence-corrected chi connectivity index (χ1v) is 4.54. The fraction of sp³-hybridized carbons (Fsp3) is 0.300. The van der Waals surface area contributed by atoms with Crippen molar-refractivity contribution in [3.05, 3.63) is 35.9 Å². The van der Waals surface area contributed by atoms with E-state index in [1.54, 1.807) is 6.92 Å². The van der Waals surface area contributed by atoms with E-state index in [0.29, 0.717) is 12.1 Å². The Morgan fingerprint density at radius 2 is 2.08 bits per heavy atom. The minimum Gasteiger partial charge on any atom is -0.411 e. The average Bonchev–Trinajstić information content (AvgIpc) is 2.18. The van der Waals surface area contributed by atoms with Gasteiger partial charge in [0.25, 0.3) is 0 Å². The van der Waals surface area contributed by atoms with Crippen molar-refractivity contribution in [2.75, 3.05) is 0 Å². The highest BCUT2D eigenvalue weighted by molar-refractivity contribution is 6.31. The zero-order chi connectivity index (χ0) is 9.68. The molecule has 70 valence electrons. The summed E-state index contributed by atoms with van der Waals surface area (Å²) in [5.41, 5.74) is 1.69. The van der Waals surface area contributed by atoms with Crippen molar-refractivity contribution in [1.82, 2.24) is 0 Å². The predicted octanol–water partition coefficient (Wildman–Crippen LogP) is 2.69. The van der Waals surface area contributed by atoms with Gasteiger partial charge in [-0.3, -0.25) is 0 Å². The van der Waals surface area contributed by atoms with Crippen LogP contribution in [-0.4, -0.2) is 16.3 Å². The Kier molecular flexibility index (Phi) is 3.77. The standard InChI is InChI=1S/C10H12ClNO/c1-8(12-13)10(11)7-9-5-3-2-4-6-9/h2-6,10,13H,7H2,1H3/b12-8+. The van der Waals surface area contributed by atoms with E-state index in [1.807, 2.05) is 30.3 Å². The highest BCUT2D eigenvalue weighted by Gasteiger charge is 2.09. The molecule has 1 atom stereocenters. The van der Waals surface area contributed by atoms with E-state index >= 15 is 0 Å². The molecular weight excluding hydrogens is 186 g/mol. The molecule has 1 aromatic rings. The molecule has 3 heteroatoms. The molecular formula is C10H12ClNO. The minimum atomic E-state index is -0.229. The van der Waals surface area contributed by atoms with Crippen LogP contribution in [0.4, 0.5) is 0 Å². The zero-order valence-electron chi connectivity index (χ0n) is 7.44. The second kappa shape index (κ2) is 4.87. The summed E-state index contributed by atoms with van der Waals surface area (Å²) in [6, 6.07) is 9.88. The number of nitrogens with zero attached hydrogens (tertiary/aromatic N) is 1. The number of benzene rings is 1. The molecule has 0 amide bonds. The molecule has 1 aromatic carbocycles. The van der Waals surface area contributed by atoms with E-state index in [2.05, 4.69) is 5.16 Å². The average molecular weight is 198 g/mol. The normalized spacial score (nSPS) is 14.2. The molecule has 1 rings (SSSR count). The Labute approximate surface area is 82.8 Å². The third-order valence-corrected chi connectivity index (χ3v) is 2.34. The van der Waals surface area contributed by atoms with Crippen molar-refractivity contribution < 1.29 is 5.21 Å². The Morgan fingerprint density at radius 3 is 2.62 bits per heavy atom. The number of hydrogen-bond donors (Lipinski definition) is 1. The van der Waals surface area contributed by atoms with Crippen molar-refractivity contribution in [3.8, 4) is 0 Å². The second-order valence-corrected chi connectivity index (χ2v) is 3.43. The van der Waals surface area contributed by atoms with Gasteiger partial charge < -0.3 is 5.21 Å². The van der Waals surface area contributed by atoms with Gasteiger partial charge in [-0.15, -0.1) is 11.6 Å². The largest absolute Gasteiger partial charge is 0.411 e. The molecule has 0 aromatic heterocycles. The topological polar surface area (TPSA) is 32.6 Å². The Morgan fingerprint density at radius 1 is 1.46 bits per heavy atom. The first-order chi connectivity index (χ1) is 6.24. The summed E-state index contributed by atoms with van der Waals surface area (Å²) in [5.74, 6) is 0. The van der Waals surface area contributed by atoms with Gasteiger partial charge in [0.1, 0.15) is 0 Å². The van der Waals surface area contributed by atoms with Crippen molar-refractivity contribution in [3.63, 3.8) is 0 Å². The smallest absolute Gasteiger partial charge is 0.0788 e.